The first-order chi connectivity index (χ1) is 9.61. The quantitative estimate of drug-likeness (QED) is 0.793. The standard InChI is InChI=1S/C16H17NO3/c1-12-11-13(6-8-14(12)20-2)7-9-16(19)17-10-4-3-5-15(17)18/h3,5-9,11H,4,10H2,1-2H3/b9-7+. The van der Waals surface area contributed by atoms with Crippen LogP contribution in [0.5, 0.6) is 5.75 Å². The molecule has 2 amide bonds. The molecule has 4 heteroatoms. The molecule has 0 saturated carbocycles. The monoisotopic (exact) mass is 271 g/mol. The lowest BCUT2D eigenvalue weighted by Gasteiger charge is -2.19. The van der Waals surface area contributed by atoms with Crippen molar-refractivity contribution < 1.29 is 14.3 Å². The summed E-state index contributed by atoms with van der Waals surface area (Å²) in [5.41, 5.74) is 1.90. The fraction of sp³-hybridized carbons (Fsp3) is 0.250. The highest BCUT2D eigenvalue weighted by Crippen LogP contribution is 2.19. The summed E-state index contributed by atoms with van der Waals surface area (Å²) in [6.07, 6.45) is 7.07. The Morgan fingerprint density at radius 2 is 2.20 bits per heavy atom. The molecule has 1 aliphatic heterocycles. The van der Waals surface area contributed by atoms with E-state index in [0.717, 1.165) is 16.9 Å². The molecular formula is C16H17NO3. The van der Waals surface area contributed by atoms with Crippen molar-refractivity contribution in [2.24, 2.45) is 0 Å². The van der Waals surface area contributed by atoms with Gasteiger partial charge >= 0.3 is 0 Å². The highest BCUT2D eigenvalue weighted by Gasteiger charge is 2.18. The zero-order chi connectivity index (χ0) is 14.5. The van der Waals surface area contributed by atoms with Crippen molar-refractivity contribution in [2.75, 3.05) is 13.7 Å². The number of ether oxygens (including phenoxy) is 1. The number of rotatable bonds is 3. The minimum absolute atomic E-state index is 0.253. The van der Waals surface area contributed by atoms with Gasteiger partial charge in [-0.05, 0) is 48.8 Å². The summed E-state index contributed by atoms with van der Waals surface area (Å²) >= 11 is 0. The number of aryl methyl sites for hydroxylation is 1. The zero-order valence-corrected chi connectivity index (χ0v) is 11.6. The van der Waals surface area contributed by atoms with Crippen molar-refractivity contribution in [3.8, 4) is 5.75 Å². The second-order valence-electron chi connectivity index (χ2n) is 4.58. The Bertz CT molecular complexity index is 587. The molecule has 0 N–H and O–H groups in total. The fourth-order valence-electron chi connectivity index (χ4n) is 2.07. The first-order valence-corrected chi connectivity index (χ1v) is 6.46. The van der Waals surface area contributed by atoms with Crippen LogP contribution >= 0.6 is 0 Å². The zero-order valence-electron chi connectivity index (χ0n) is 11.6. The number of hydrogen-bond donors (Lipinski definition) is 0. The molecule has 2 rings (SSSR count). The average molecular weight is 271 g/mol. The maximum Gasteiger partial charge on any atom is 0.253 e. The Kier molecular flexibility index (Phi) is 4.35. The summed E-state index contributed by atoms with van der Waals surface area (Å²) < 4.78 is 5.18. The molecule has 0 saturated heterocycles. The van der Waals surface area contributed by atoms with Crippen molar-refractivity contribution in [3.63, 3.8) is 0 Å². The predicted molar refractivity (Wildman–Crippen MR) is 77.2 cm³/mol. The van der Waals surface area contributed by atoms with E-state index in [0.29, 0.717) is 13.0 Å². The van der Waals surface area contributed by atoms with Gasteiger partial charge in [0.15, 0.2) is 0 Å². The van der Waals surface area contributed by atoms with E-state index in [-0.39, 0.29) is 11.8 Å². The van der Waals surface area contributed by atoms with Gasteiger partial charge in [-0.1, -0.05) is 12.1 Å². The van der Waals surface area contributed by atoms with Crippen molar-refractivity contribution in [2.45, 2.75) is 13.3 Å². The maximum atomic E-state index is 11.9. The molecule has 104 valence electrons. The third kappa shape index (κ3) is 3.15. The number of benzene rings is 1. The summed E-state index contributed by atoms with van der Waals surface area (Å²) in [5.74, 6) is 0.273. The molecule has 1 heterocycles. The molecule has 0 bridgehead atoms. The molecule has 0 unspecified atom stereocenters. The molecule has 20 heavy (non-hydrogen) atoms. The molecule has 0 aliphatic carbocycles. The Balaban J connectivity index is 2.09. The van der Waals surface area contributed by atoms with Crippen LogP contribution in [-0.2, 0) is 9.59 Å². The molecule has 0 spiro atoms. The third-order valence-electron chi connectivity index (χ3n) is 3.15. The van der Waals surface area contributed by atoms with Gasteiger partial charge in [-0.3, -0.25) is 14.5 Å². The number of amides is 2. The van der Waals surface area contributed by atoms with Crippen LogP contribution in [0.4, 0.5) is 0 Å². The van der Waals surface area contributed by atoms with E-state index in [1.807, 2.05) is 25.1 Å². The summed E-state index contributed by atoms with van der Waals surface area (Å²) in [5, 5.41) is 0. The number of carbonyl (C=O) groups is 2. The second-order valence-corrected chi connectivity index (χ2v) is 4.58. The van der Waals surface area contributed by atoms with Gasteiger partial charge in [-0.25, -0.2) is 0 Å². The van der Waals surface area contributed by atoms with Gasteiger partial charge in [0.1, 0.15) is 5.75 Å². The van der Waals surface area contributed by atoms with Crippen molar-refractivity contribution in [3.05, 3.63) is 47.6 Å². The summed E-state index contributed by atoms with van der Waals surface area (Å²) in [6.45, 7) is 2.39. The molecule has 0 radical (unpaired) electrons. The minimum atomic E-state index is -0.284. The van der Waals surface area contributed by atoms with Gasteiger partial charge < -0.3 is 4.74 Å². The van der Waals surface area contributed by atoms with Crippen LogP contribution in [0, 0.1) is 6.92 Å². The largest absolute Gasteiger partial charge is 0.496 e. The van der Waals surface area contributed by atoms with Crippen LogP contribution < -0.4 is 4.74 Å². The van der Waals surface area contributed by atoms with Gasteiger partial charge in [0.25, 0.3) is 11.8 Å². The highest BCUT2D eigenvalue weighted by atomic mass is 16.5. The summed E-state index contributed by atoms with van der Waals surface area (Å²) in [7, 11) is 1.62. The Morgan fingerprint density at radius 1 is 1.40 bits per heavy atom. The number of carbonyl (C=O) groups excluding carboxylic acids is 2. The smallest absolute Gasteiger partial charge is 0.253 e. The third-order valence-corrected chi connectivity index (χ3v) is 3.15. The van der Waals surface area contributed by atoms with E-state index in [4.69, 9.17) is 4.74 Å². The molecule has 0 aromatic heterocycles. The molecule has 1 aromatic rings. The fourth-order valence-corrected chi connectivity index (χ4v) is 2.07. The van der Waals surface area contributed by atoms with Gasteiger partial charge in [0.2, 0.25) is 0 Å². The molecule has 0 atom stereocenters. The SMILES string of the molecule is COc1ccc(/C=C/C(=O)N2CCC=CC2=O)cc1C. The maximum absolute atomic E-state index is 11.9. The summed E-state index contributed by atoms with van der Waals surface area (Å²) in [4.78, 5) is 24.7. The average Bonchev–Trinajstić information content (AvgIpc) is 2.45. The lowest BCUT2D eigenvalue weighted by molar-refractivity contribution is -0.139. The lowest BCUT2D eigenvalue weighted by Crippen LogP contribution is -2.37. The first-order valence-electron chi connectivity index (χ1n) is 6.46. The van der Waals surface area contributed by atoms with Gasteiger partial charge in [0, 0.05) is 12.6 Å². The Labute approximate surface area is 118 Å². The molecular weight excluding hydrogens is 254 g/mol. The van der Waals surface area contributed by atoms with Crippen LogP contribution in [0.15, 0.2) is 36.4 Å². The molecule has 1 aliphatic rings. The van der Waals surface area contributed by atoms with E-state index in [1.165, 1.54) is 17.1 Å². The van der Waals surface area contributed by atoms with Crippen LogP contribution in [0.1, 0.15) is 17.5 Å². The highest BCUT2D eigenvalue weighted by molar-refractivity contribution is 6.06. The van der Waals surface area contributed by atoms with Crippen LogP contribution in [0.2, 0.25) is 0 Å². The first kappa shape index (κ1) is 14.1. The van der Waals surface area contributed by atoms with Gasteiger partial charge in [-0.15, -0.1) is 0 Å². The Morgan fingerprint density at radius 3 is 2.85 bits per heavy atom. The molecule has 1 aromatic carbocycles. The van der Waals surface area contributed by atoms with Gasteiger partial charge in [-0.2, -0.15) is 0 Å². The Hall–Kier alpha value is -2.36. The number of methoxy groups -OCH3 is 1. The normalized spacial score (nSPS) is 14.9. The van der Waals surface area contributed by atoms with Gasteiger partial charge in [0.05, 0.1) is 7.11 Å². The number of hydrogen-bond acceptors (Lipinski definition) is 3. The van der Waals surface area contributed by atoms with E-state index >= 15 is 0 Å². The van der Waals surface area contributed by atoms with E-state index in [9.17, 15) is 9.59 Å². The van der Waals surface area contributed by atoms with Crippen molar-refractivity contribution >= 4 is 17.9 Å². The van der Waals surface area contributed by atoms with E-state index in [2.05, 4.69) is 0 Å². The van der Waals surface area contributed by atoms with Crippen LogP contribution in [0.25, 0.3) is 6.08 Å². The van der Waals surface area contributed by atoms with E-state index < -0.39 is 0 Å². The number of nitrogens with zero attached hydrogens (tertiary/aromatic N) is 1. The number of imide groups is 1. The predicted octanol–water partition coefficient (Wildman–Crippen LogP) is 2.33. The second kappa shape index (κ2) is 6.19. The van der Waals surface area contributed by atoms with Crippen LogP contribution in [0.3, 0.4) is 0 Å². The molecule has 0 fully saturated rings. The van der Waals surface area contributed by atoms with Crippen LogP contribution in [-0.4, -0.2) is 30.4 Å². The van der Waals surface area contributed by atoms with Crippen molar-refractivity contribution in [1.29, 1.82) is 0 Å². The topological polar surface area (TPSA) is 46.6 Å². The van der Waals surface area contributed by atoms with E-state index in [1.54, 1.807) is 19.3 Å². The van der Waals surface area contributed by atoms with Crippen molar-refractivity contribution in [1.82, 2.24) is 4.90 Å². The lowest BCUT2D eigenvalue weighted by atomic mass is 10.1. The molecule has 4 nitrogen and oxygen atoms in total. The minimum Gasteiger partial charge on any atom is -0.496 e. The summed E-state index contributed by atoms with van der Waals surface area (Å²) in [6, 6.07) is 5.66.